The summed E-state index contributed by atoms with van der Waals surface area (Å²) in [6.07, 6.45) is 0. The van der Waals surface area contributed by atoms with E-state index in [2.05, 4.69) is 15.3 Å². The standard InChI is InChI=1S/C18H15FN4OS/c1-2-24-15-8-6-12(7-9-15)16-11-25-18-21-20-17(23(18)22-16)13-4-3-5-14(19)10-13/h3-10H,2,11H2,1H3. The second-order valence-electron chi connectivity index (χ2n) is 5.42. The monoisotopic (exact) mass is 354 g/mol. The van der Waals surface area contributed by atoms with E-state index in [-0.39, 0.29) is 5.82 Å². The summed E-state index contributed by atoms with van der Waals surface area (Å²) >= 11 is 1.56. The quantitative estimate of drug-likeness (QED) is 0.714. The Kier molecular flexibility index (Phi) is 4.23. The first-order valence-electron chi connectivity index (χ1n) is 7.90. The van der Waals surface area contributed by atoms with Crippen molar-refractivity contribution in [3.05, 3.63) is 59.9 Å². The Morgan fingerprint density at radius 1 is 1.12 bits per heavy atom. The smallest absolute Gasteiger partial charge is 0.212 e. The molecule has 2 heterocycles. The van der Waals surface area contributed by atoms with Crippen LogP contribution < -0.4 is 4.74 Å². The fraction of sp³-hybridized carbons (Fsp3) is 0.167. The molecule has 0 radical (unpaired) electrons. The van der Waals surface area contributed by atoms with Crippen molar-refractivity contribution >= 4 is 17.5 Å². The predicted octanol–water partition coefficient (Wildman–Crippen LogP) is 3.84. The highest BCUT2D eigenvalue weighted by Crippen LogP contribution is 2.29. The Balaban J connectivity index is 1.71. The average molecular weight is 354 g/mol. The van der Waals surface area contributed by atoms with Crippen molar-refractivity contribution in [2.45, 2.75) is 12.1 Å². The molecule has 1 aliphatic rings. The average Bonchev–Trinajstić information content (AvgIpc) is 3.06. The molecule has 0 unspecified atom stereocenters. The van der Waals surface area contributed by atoms with Gasteiger partial charge in [-0.05, 0) is 48.9 Å². The molecule has 126 valence electrons. The first-order chi connectivity index (χ1) is 12.2. The normalized spacial score (nSPS) is 13.3. The number of halogens is 1. The SMILES string of the molecule is CCOc1ccc(C2=Nn3c(nnc3-c3cccc(F)c3)SC2)cc1. The molecule has 4 rings (SSSR count). The van der Waals surface area contributed by atoms with Gasteiger partial charge < -0.3 is 4.74 Å². The molecule has 5 nitrogen and oxygen atoms in total. The van der Waals surface area contributed by atoms with E-state index < -0.39 is 0 Å². The van der Waals surface area contributed by atoms with Gasteiger partial charge in [-0.25, -0.2) is 4.39 Å². The van der Waals surface area contributed by atoms with Crippen LogP contribution in [0.3, 0.4) is 0 Å². The summed E-state index contributed by atoms with van der Waals surface area (Å²) in [7, 11) is 0. The lowest BCUT2D eigenvalue weighted by Gasteiger charge is -2.14. The second-order valence-corrected chi connectivity index (χ2v) is 6.36. The zero-order valence-electron chi connectivity index (χ0n) is 13.5. The first kappa shape index (κ1) is 15.8. The van der Waals surface area contributed by atoms with Crippen LogP contribution in [0.4, 0.5) is 4.39 Å². The molecule has 0 fully saturated rings. The maximum atomic E-state index is 13.5. The number of benzene rings is 2. The third-order valence-electron chi connectivity index (χ3n) is 3.75. The van der Waals surface area contributed by atoms with Crippen LogP contribution in [0.5, 0.6) is 5.75 Å². The highest BCUT2D eigenvalue weighted by atomic mass is 32.2. The van der Waals surface area contributed by atoms with Gasteiger partial charge in [0.05, 0.1) is 12.3 Å². The molecular weight excluding hydrogens is 339 g/mol. The van der Waals surface area contributed by atoms with Crippen LogP contribution in [-0.2, 0) is 0 Å². The Morgan fingerprint density at radius 2 is 1.96 bits per heavy atom. The van der Waals surface area contributed by atoms with E-state index in [1.165, 1.54) is 12.1 Å². The fourth-order valence-electron chi connectivity index (χ4n) is 2.59. The van der Waals surface area contributed by atoms with Gasteiger partial charge >= 0.3 is 0 Å². The molecule has 0 saturated carbocycles. The molecule has 3 aromatic rings. The van der Waals surface area contributed by atoms with E-state index in [1.807, 2.05) is 31.2 Å². The number of ether oxygens (including phenoxy) is 1. The molecule has 0 N–H and O–H groups in total. The van der Waals surface area contributed by atoms with Crippen LogP contribution >= 0.6 is 11.8 Å². The van der Waals surface area contributed by atoms with Crippen molar-refractivity contribution in [2.24, 2.45) is 5.10 Å². The van der Waals surface area contributed by atoms with Gasteiger partial charge in [-0.15, -0.1) is 10.2 Å². The molecule has 2 aromatic carbocycles. The van der Waals surface area contributed by atoms with E-state index in [0.29, 0.717) is 28.9 Å². The van der Waals surface area contributed by atoms with E-state index in [1.54, 1.807) is 28.6 Å². The Labute approximate surface area is 148 Å². The Morgan fingerprint density at radius 3 is 2.72 bits per heavy atom. The maximum Gasteiger partial charge on any atom is 0.212 e. The predicted molar refractivity (Wildman–Crippen MR) is 95.7 cm³/mol. The molecular formula is C18H15FN4OS. The minimum atomic E-state index is -0.311. The lowest BCUT2D eigenvalue weighted by molar-refractivity contribution is 0.340. The summed E-state index contributed by atoms with van der Waals surface area (Å²) < 4.78 is 20.7. The third-order valence-corrected chi connectivity index (χ3v) is 4.68. The Bertz CT molecular complexity index is 937. The van der Waals surface area contributed by atoms with Crippen molar-refractivity contribution < 1.29 is 9.13 Å². The van der Waals surface area contributed by atoms with Crippen LogP contribution in [-0.4, -0.2) is 32.9 Å². The van der Waals surface area contributed by atoms with E-state index >= 15 is 0 Å². The minimum absolute atomic E-state index is 0.311. The van der Waals surface area contributed by atoms with Crippen LogP contribution in [0.2, 0.25) is 0 Å². The van der Waals surface area contributed by atoms with Crippen molar-refractivity contribution in [3.8, 4) is 17.1 Å². The van der Waals surface area contributed by atoms with Crippen molar-refractivity contribution in [2.75, 3.05) is 12.4 Å². The lowest BCUT2D eigenvalue weighted by atomic mass is 10.1. The number of aromatic nitrogens is 3. The second kappa shape index (κ2) is 6.68. The van der Waals surface area contributed by atoms with Crippen molar-refractivity contribution in [3.63, 3.8) is 0 Å². The summed E-state index contributed by atoms with van der Waals surface area (Å²) in [5.41, 5.74) is 2.58. The summed E-state index contributed by atoms with van der Waals surface area (Å²) in [5.74, 6) is 1.76. The summed E-state index contributed by atoms with van der Waals surface area (Å²) in [5, 5.41) is 13.7. The van der Waals surface area contributed by atoms with Gasteiger partial charge in [0, 0.05) is 11.3 Å². The zero-order chi connectivity index (χ0) is 17.2. The van der Waals surface area contributed by atoms with E-state index in [9.17, 15) is 4.39 Å². The van der Waals surface area contributed by atoms with Crippen LogP contribution in [0.1, 0.15) is 12.5 Å². The molecule has 7 heteroatoms. The third kappa shape index (κ3) is 3.15. The molecule has 0 spiro atoms. The van der Waals surface area contributed by atoms with Gasteiger partial charge in [0.25, 0.3) is 0 Å². The molecule has 0 bridgehead atoms. The van der Waals surface area contributed by atoms with Gasteiger partial charge in [-0.1, -0.05) is 23.9 Å². The number of fused-ring (bicyclic) bond motifs is 1. The molecule has 0 saturated heterocycles. The van der Waals surface area contributed by atoms with Gasteiger partial charge in [-0.2, -0.15) is 9.78 Å². The van der Waals surface area contributed by atoms with Crippen molar-refractivity contribution in [1.29, 1.82) is 0 Å². The summed E-state index contributed by atoms with van der Waals surface area (Å²) in [6.45, 7) is 2.59. The first-order valence-corrected chi connectivity index (χ1v) is 8.88. The molecule has 1 aliphatic heterocycles. The van der Waals surface area contributed by atoms with Crippen LogP contribution in [0, 0.1) is 5.82 Å². The highest BCUT2D eigenvalue weighted by molar-refractivity contribution is 7.99. The number of rotatable bonds is 4. The topological polar surface area (TPSA) is 52.3 Å². The largest absolute Gasteiger partial charge is 0.494 e. The fourth-order valence-corrected chi connectivity index (χ4v) is 3.43. The number of hydrogen-bond donors (Lipinski definition) is 0. The van der Waals surface area contributed by atoms with Crippen LogP contribution in [0.15, 0.2) is 58.8 Å². The van der Waals surface area contributed by atoms with E-state index in [0.717, 1.165) is 17.0 Å². The van der Waals surface area contributed by atoms with Gasteiger partial charge in [-0.3, -0.25) is 0 Å². The minimum Gasteiger partial charge on any atom is -0.494 e. The van der Waals surface area contributed by atoms with Crippen molar-refractivity contribution in [1.82, 2.24) is 14.9 Å². The van der Waals surface area contributed by atoms with Gasteiger partial charge in [0.15, 0.2) is 5.82 Å². The number of hydrogen-bond acceptors (Lipinski definition) is 5. The molecule has 0 aliphatic carbocycles. The zero-order valence-corrected chi connectivity index (χ0v) is 14.3. The number of thioether (sulfide) groups is 1. The molecule has 1 aromatic heterocycles. The molecule has 0 atom stereocenters. The number of nitrogens with zero attached hydrogens (tertiary/aromatic N) is 4. The van der Waals surface area contributed by atoms with Crippen LogP contribution in [0.25, 0.3) is 11.4 Å². The van der Waals surface area contributed by atoms with Gasteiger partial charge in [0.1, 0.15) is 11.6 Å². The highest BCUT2D eigenvalue weighted by Gasteiger charge is 2.21. The van der Waals surface area contributed by atoms with Gasteiger partial charge in [0.2, 0.25) is 5.16 Å². The Hall–Kier alpha value is -2.67. The maximum absolute atomic E-state index is 13.5. The lowest BCUT2D eigenvalue weighted by Crippen LogP contribution is -2.13. The summed E-state index contributed by atoms with van der Waals surface area (Å²) in [6, 6.07) is 14.1. The summed E-state index contributed by atoms with van der Waals surface area (Å²) in [4.78, 5) is 0. The molecule has 0 amide bonds. The molecule has 25 heavy (non-hydrogen) atoms. The van der Waals surface area contributed by atoms with E-state index in [4.69, 9.17) is 4.74 Å².